The number of carbonyl (C=O) groups is 1. The Balaban J connectivity index is 1.83. The third-order valence-electron chi connectivity index (χ3n) is 3.19. The van der Waals surface area contributed by atoms with Crippen molar-refractivity contribution in [2.24, 2.45) is 0 Å². The molecule has 1 unspecified atom stereocenters. The predicted molar refractivity (Wildman–Crippen MR) is 85.3 cm³/mol. The largest absolute Gasteiger partial charge is 0.394 e. The molecule has 2 rings (SSSR count). The number of carbonyl (C=O) groups excluding carboxylic acids is 1. The van der Waals surface area contributed by atoms with Gasteiger partial charge >= 0.3 is 6.03 Å². The smallest absolute Gasteiger partial charge is 0.315 e. The molecule has 1 atom stereocenters. The maximum Gasteiger partial charge on any atom is 0.315 e. The predicted octanol–water partition coefficient (Wildman–Crippen LogP) is 2.35. The van der Waals surface area contributed by atoms with Crippen LogP contribution in [0.4, 0.5) is 4.79 Å². The van der Waals surface area contributed by atoms with E-state index >= 15 is 0 Å². The van der Waals surface area contributed by atoms with Crippen LogP contribution in [0.1, 0.15) is 22.7 Å². The van der Waals surface area contributed by atoms with Gasteiger partial charge in [-0.1, -0.05) is 24.3 Å². The number of aliphatic hydroxyl groups excluding tert-OH is 1. The SMILES string of the molecule is N#CCc1ccc(CNC(=O)NC(CO)c2ccsc2)cc1. The number of urea groups is 1. The summed E-state index contributed by atoms with van der Waals surface area (Å²) in [6.07, 6.45) is 0.382. The highest BCUT2D eigenvalue weighted by molar-refractivity contribution is 7.07. The molecule has 0 saturated carbocycles. The molecule has 0 aliphatic carbocycles. The first-order valence-electron chi connectivity index (χ1n) is 6.85. The second kappa shape index (κ2) is 8.17. The van der Waals surface area contributed by atoms with Crippen LogP contribution >= 0.6 is 11.3 Å². The van der Waals surface area contributed by atoms with Gasteiger partial charge in [-0.25, -0.2) is 4.79 Å². The van der Waals surface area contributed by atoms with Crippen molar-refractivity contribution in [2.75, 3.05) is 6.61 Å². The summed E-state index contributed by atoms with van der Waals surface area (Å²) in [7, 11) is 0. The van der Waals surface area contributed by atoms with E-state index in [1.165, 1.54) is 11.3 Å². The summed E-state index contributed by atoms with van der Waals surface area (Å²) >= 11 is 1.52. The van der Waals surface area contributed by atoms with Gasteiger partial charge in [0.25, 0.3) is 0 Å². The number of nitrogens with zero attached hydrogens (tertiary/aromatic N) is 1. The van der Waals surface area contributed by atoms with Gasteiger partial charge in [0.05, 0.1) is 25.1 Å². The van der Waals surface area contributed by atoms with E-state index in [-0.39, 0.29) is 12.6 Å². The lowest BCUT2D eigenvalue weighted by Crippen LogP contribution is -2.38. The molecule has 3 N–H and O–H groups in total. The maximum absolute atomic E-state index is 11.9. The summed E-state index contributed by atoms with van der Waals surface area (Å²) in [5, 5.41) is 27.3. The quantitative estimate of drug-likeness (QED) is 0.765. The molecular formula is C16H17N3O2S. The van der Waals surface area contributed by atoms with Gasteiger partial charge in [0.15, 0.2) is 0 Å². The molecule has 0 aliphatic heterocycles. The van der Waals surface area contributed by atoms with Crippen LogP contribution < -0.4 is 10.6 Å². The third kappa shape index (κ3) is 4.58. The molecule has 2 aromatic rings. The molecule has 0 saturated heterocycles. The average Bonchev–Trinajstić information content (AvgIpc) is 3.06. The summed E-state index contributed by atoms with van der Waals surface area (Å²) in [6.45, 7) is 0.244. The molecule has 5 nitrogen and oxygen atoms in total. The fourth-order valence-electron chi connectivity index (χ4n) is 1.97. The van der Waals surface area contributed by atoms with E-state index < -0.39 is 6.04 Å². The Labute approximate surface area is 133 Å². The molecule has 114 valence electrons. The van der Waals surface area contributed by atoms with Crippen LogP contribution in [0, 0.1) is 11.3 Å². The van der Waals surface area contributed by atoms with E-state index in [4.69, 9.17) is 5.26 Å². The van der Waals surface area contributed by atoms with Crippen molar-refractivity contribution < 1.29 is 9.90 Å². The first kappa shape index (κ1) is 16.0. The highest BCUT2D eigenvalue weighted by atomic mass is 32.1. The minimum absolute atomic E-state index is 0.146. The first-order chi connectivity index (χ1) is 10.7. The fourth-order valence-corrected chi connectivity index (χ4v) is 2.68. The molecule has 1 aromatic heterocycles. The highest BCUT2D eigenvalue weighted by Gasteiger charge is 2.13. The number of hydrogen-bond donors (Lipinski definition) is 3. The molecule has 0 aliphatic rings. The number of benzene rings is 1. The van der Waals surface area contributed by atoms with Crippen LogP contribution in [-0.4, -0.2) is 17.7 Å². The van der Waals surface area contributed by atoms with Crippen molar-refractivity contribution in [2.45, 2.75) is 19.0 Å². The van der Waals surface area contributed by atoms with Crippen molar-refractivity contribution in [3.8, 4) is 6.07 Å². The summed E-state index contributed by atoms with van der Waals surface area (Å²) in [6, 6.07) is 10.8. The second-order valence-electron chi connectivity index (χ2n) is 4.77. The van der Waals surface area contributed by atoms with Gasteiger partial charge in [0.1, 0.15) is 0 Å². The molecule has 6 heteroatoms. The Morgan fingerprint density at radius 1 is 1.27 bits per heavy atom. The lowest BCUT2D eigenvalue weighted by Gasteiger charge is -2.15. The van der Waals surface area contributed by atoms with Crippen LogP contribution in [0.2, 0.25) is 0 Å². The first-order valence-corrected chi connectivity index (χ1v) is 7.79. The molecule has 1 aromatic carbocycles. The third-order valence-corrected chi connectivity index (χ3v) is 3.89. The van der Waals surface area contributed by atoms with Gasteiger partial charge < -0.3 is 15.7 Å². The van der Waals surface area contributed by atoms with Gasteiger partial charge in [-0.05, 0) is 33.5 Å². The molecule has 2 amide bonds. The Bertz CT molecular complexity index is 632. The van der Waals surface area contributed by atoms with Crippen LogP contribution in [-0.2, 0) is 13.0 Å². The lowest BCUT2D eigenvalue weighted by atomic mass is 10.1. The molecule has 0 radical (unpaired) electrons. The lowest BCUT2D eigenvalue weighted by molar-refractivity contribution is 0.217. The van der Waals surface area contributed by atoms with Gasteiger partial charge in [0, 0.05) is 6.54 Å². The van der Waals surface area contributed by atoms with Crippen LogP contribution in [0.5, 0.6) is 0 Å². The van der Waals surface area contributed by atoms with Crippen molar-refractivity contribution in [3.63, 3.8) is 0 Å². The zero-order chi connectivity index (χ0) is 15.8. The Morgan fingerprint density at radius 2 is 2.00 bits per heavy atom. The van der Waals surface area contributed by atoms with E-state index in [0.29, 0.717) is 13.0 Å². The molecule has 22 heavy (non-hydrogen) atoms. The summed E-state index contributed by atoms with van der Waals surface area (Å²) < 4.78 is 0. The standard InChI is InChI=1S/C16H17N3O2S/c17-7-5-12-1-3-13(4-2-12)9-18-16(21)19-15(10-20)14-6-8-22-11-14/h1-4,6,8,11,15,20H,5,9-10H2,(H2,18,19,21). The monoisotopic (exact) mass is 315 g/mol. The molecular weight excluding hydrogens is 298 g/mol. The van der Waals surface area contributed by atoms with Gasteiger partial charge in [-0.3, -0.25) is 0 Å². The number of nitriles is 1. The Hall–Kier alpha value is -2.36. The maximum atomic E-state index is 11.9. The Kier molecular flexibility index (Phi) is 5.95. The topological polar surface area (TPSA) is 85.2 Å². The van der Waals surface area contributed by atoms with Crippen LogP contribution in [0.25, 0.3) is 0 Å². The van der Waals surface area contributed by atoms with E-state index in [1.807, 2.05) is 41.1 Å². The zero-order valence-corrected chi connectivity index (χ0v) is 12.8. The average molecular weight is 315 g/mol. The molecule has 1 heterocycles. The number of nitrogens with one attached hydrogen (secondary N) is 2. The van der Waals surface area contributed by atoms with Gasteiger partial charge in [-0.15, -0.1) is 0 Å². The van der Waals surface area contributed by atoms with Crippen molar-refractivity contribution >= 4 is 17.4 Å². The zero-order valence-electron chi connectivity index (χ0n) is 12.0. The second-order valence-corrected chi connectivity index (χ2v) is 5.55. The van der Waals surface area contributed by atoms with Gasteiger partial charge in [-0.2, -0.15) is 16.6 Å². The highest BCUT2D eigenvalue weighted by Crippen LogP contribution is 2.15. The minimum Gasteiger partial charge on any atom is -0.394 e. The minimum atomic E-state index is -0.399. The fraction of sp³-hybridized carbons (Fsp3) is 0.250. The van der Waals surface area contributed by atoms with E-state index in [2.05, 4.69) is 16.7 Å². The number of amides is 2. The Morgan fingerprint density at radius 3 is 2.59 bits per heavy atom. The van der Waals surface area contributed by atoms with Crippen LogP contribution in [0.15, 0.2) is 41.1 Å². The molecule has 0 spiro atoms. The summed E-state index contributed by atoms with van der Waals surface area (Å²) in [4.78, 5) is 11.9. The number of rotatable bonds is 6. The normalized spacial score (nSPS) is 11.5. The summed E-state index contributed by atoms with van der Waals surface area (Å²) in [5.41, 5.74) is 2.80. The van der Waals surface area contributed by atoms with Crippen LogP contribution in [0.3, 0.4) is 0 Å². The number of thiophene rings is 1. The van der Waals surface area contributed by atoms with E-state index in [0.717, 1.165) is 16.7 Å². The van der Waals surface area contributed by atoms with Gasteiger partial charge in [0.2, 0.25) is 0 Å². The number of aliphatic hydroxyl groups is 1. The summed E-state index contributed by atoms with van der Waals surface area (Å²) in [5.74, 6) is 0. The van der Waals surface area contributed by atoms with Crippen molar-refractivity contribution in [1.82, 2.24) is 10.6 Å². The van der Waals surface area contributed by atoms with E-state index in [1.54, 1.807) is 0 Å². The van der Waals surface area contributed by atoms with Crippen molar-refractivity contribution in [1.29, 1.82) is 5.26 Å². The molecule has 0 bridgehead atoms. The van der Waals surface area contributed by atoms with E-state index in [9.17, 15) is 9.90 Å². The molecule has 0 fully saturated rings. The number of hydrogen-bond acceptors (Lipinski definition) is 4. The van der Waals surface area contributed by atoms with Crippen molar-refractivity contribution in [3.05, 3.63) is 57.8 Å².